The maximum absolute atomic E-state index is 6.66. The van der Waals surface area contributed by atoms with Gasteiger partial charge >= 0.3 is 0 Å². The Morgan fingerprint density at radius 3 is 1.79 bits per heavy atom. The van der Waals surface area contributed by atoms with Crippen LogP contribution in [-0.2, 0) is 0 Å². The van der Waals surface area contributed by atoms with Crippen LogP contribution < -0.4 is 4.74 Å². The average Bonchev–Trinajstić information content (AvgIpc) is 3.76. The van der Waals surface area contributed by atoms with Gasteiger partial charge in [-0.2, -0.15) is 5.10 Å². The Bertz CT molecular complexity index is 3110. The van der Waals surface area contributed by atoms with Crippen molar-refractivity contribution in [1.29, 1.82) is 0 Å². The van der Waals surface area contributed by atoms with Crippen LogP contribution in [-0.4, -0.2) is 19.3 Å². The first-order valence-electron chi connectivity index (χ1n) is 19.7. The molecule has 10 aromatic rings. The lowest BCUT2D eigenvalue weighted by molar-refractivity contribution is 0.482. The van der Waals surface area contributed by atoms with E-state index in [4.69, 9.17) is 14.8 Å². The lowest BCUT2D eigenvalue weighted by atomic mass is 9.82. The van der Waals surface area contributed by atoms with Gasteiger partial charge in [-0.3, -0.25) is 4.57 Å². The highest BCUT2D eigenvalue weighted by Crippen LogP contribution is 2.47. The highest BCUT2D eigenvalue weighted by Gasteiger charge is 2.25. The van der Waals surface area contributed by atoms with E-state index in [0.29, 0.717) is 0 Å². The van der Waals surface area contributed by atoms with E-state index < -0.39 is 0 Å². The first kappa shape index (κ1) is 35.0. The predicted molar refractivity (Wildman–Crippen MR) is 238 cm³/mol. The molecule has 3 aromatic heterocycles. The van der Waals surface area contributed by atoms with Gasteiger partial charge in [0.2, 0.25) is 0 Å². The zero-order chi connectivity index (χ0) is 39.2. The van der Waals surface area contributed by atoms with Gasteiger partial charge < -0.3 is 4.74 Å². The molecule has 0 saturated carbocycles. The highest BCUT2D eigenvalue weighted by molar-refractivity contribution is 6.09. The molecule has 0 radical (unpaired) electrons. The standard InChI is InChI=1S/C53H40N4O/c1-35-30-31-54-50(32-35)56-48-25-14-13-24-46(48)47-27-26-43(34-49(47)56)58-42-23-15-22-41(33-42)57-37(3)51(36(2)55-57)53-45(39-18-9-5-10-19-39)29-28-44(38-16-7-4-8-17-38)52(53)40-20-11-6-12-21-40/h4-34H,1-3H3. The van der Waals surface area contributed by atoms with Gasteiger partial charge in [0, 0.05) is 45.9 Å². The van der Waals surface area contributed by atoms with Crippen LogP contribution in [0.3, 0.4) is 0 Å². The van der Waals surface area contributed by atoms with Gasteiger partial charge in [-0.1, -0.05) is 127 Å². The van der Waals surface area contributed by atoms with Crippen LogP contribution in [0.5, 0.6) is 11.5 Å². The van der Waals surface area contributed by atoms with E-state index in [1.54, 1.807) is 0 Å². The lowest BCUT2D eigenvalue weighted by Gasteiger charge is -2.21. The number of hydrogen-bond acceptors (Lipinski definition) is 3. The second-order valence-electron chi connectivity index (χ2n) is 14.8. The van der Waals surface area contributed by atoms with Crippen LogP contribution in [0.2, 0.25) is 0 Å². The third kappa shape index (κ3) is 6.14. The number of aryl methyl sites for hydroxylation is 2. The summed E-state index contributed by atoms with van der Waals surface area (Å²) in [5.41, 5.74) is 15.5. The number of rotatable bonds is 8. The Morgan fingerprint density at radius 2 is 1.09 bits per heavy atom. The molecule has 0 amide bonds. The Kier molecular flexibility index (Phi) is 8.76. The molecule has 0 atom stereocenters. The minimum Gasteiger partial charge on any atom is -0.457 e. The summed E-state index contributed by atoms with van der Waals surface area (Å²) in [5.74, 6) is 2.35. The van der Waals surface area contributed by atoms with Gasteiger partial charge in [0.05, 0.1) is 22.4 Å². The minimum atomic E-state index is 0.725. The van der Waals surface area contributed by atoms with Crippen LogP contribution in [0.25, 0.3) is 77.8 Å². The van der Waals surface area contributed by atoms with Crippen LogP contribution in [0.1, 0.15) is 17.0 Å². The van der Waals surface area contributed by atoms with Crippen molar-refractivity contribution < 1.29 is 4.74 Å². The zero-order valence-electron chi connectivity index (χ0n) is 32.6. The SMILES string of the molecule is Cc1ccnc(-n2c3ccccc3c3ccc(Oc4cccc(-n5nc(C)c(-c6c(-c7ccccc7)ccc(-c7ccccc7)c6-c6ccccc6)c5C)c4)cc32)c1. The van der Waals surface area contributed by atoms with Crippen molar-refractivity contribution in [3.8, 4) is 67.5 Å². The Morgan fingerprint density at radius 1 is 0.466 bits per heavy atom. The smallest absolute Gasteiger partial charge is 0.137 e. The molecule has 0 aliphatic rings. The lowest BCUT2D eigenvalue weighted by Crippen LogP contribution is -2.00. The molecular formula is C53H40N4O. The summed E-state index contributed by atoms with van der Waals surface area (Å²) in [4.78, 5) is 4.76. The van der Waals surface area contributed by atoms with E-state index in [1.165, 1.54) is 27.6 Å². The fourth-order valence-corrected chi connectivity index (χ4v) is 8.46. The molecule has 0 N–H and O–H groups in total. The average molecular weight is 749 g/mol. The second kappa shape index (κ2) is 14.5. The van der Waals surface area contributed by atoms with Crippen molar-refractivity contribution in [1.82, 2.24) is 19.3 Å². The largest absolute Gasteiger partial charge is 0.457 e. The molecule has 58 heavy (non-hydrogen) atoms. The van der Waals surface area contributed by atoms with Crippen molar-refractivity contribution in [3.05, 3.63) is 205 Å². The molecule has 7 aromatic carbocycles. The molecule has 0 bridgehead atoms. The monoisotopic (exact) mass is 748 g/mol. The summed E-state index contributed by atoms with van der Waals surface area (Å²) in [6, 6.07) is 63.8. The number of ether oxygens (including phenoxy) is 1. The fraction of sp³-hybridized carbons (Fsp3) is 0.0566. The van der Waals surface area contributed by atoms with Crippen LogP contribution in [0.15, 0.2) is 188 Å². The molecule has 0 saturated heterocycles. The van der Waals surface area contributed by atoms with Gasteiger partial charge in [-0.15, -0.1) is 0 Å². The van der Waals surface area contributed by atoms with Crippen LogP contribution in [0, 0.1) is 20.8 Å². The molecule has 0 aliphatic heterocycles. The molecule has 5 heteroatoms. The third-order valence-electron chi connectivity index (χ3n) is 11.1. The first-order valence-corrected chi connectivity index (χ1v) is 19.7. The normalized spacial score (nSPS) is 11.4. The van der Waals surface area contributed by atoms with Crippen molar-refractivity contribution in [2.75, 3.05) is 0 Å². The molecule has 278 valence electrons. The molecule has 0 spiro atoms. The van der Waals surface area contributed by atoms with Crippen LogP contribution in [0.4, 0.5) is 0 Å². The molecule has 10 rings (SSSR count). The minimum absolute atomic E-state index is 0.725. The highest BCUT2D eigenvalue weighted by atomic mass is 16.5. The summed E-state index contributed by atoms with van der Waals surface area (Å²) in [7, 11) is 0. The predicted octanol–water partition coefficient (Wildman–Crippen LogP) is 13.7. The summed E-state index contributed by atoms with van der Waals surface area (Å²) in [6.45, 7) is 6.39. The Labute approximate surface area is 338 Å². The number of nitrogens with zero attached hydrogens (tertiary/aromatic N) is 4. The van der Waals surface area contributed by atoms with E-state index in [0.717, 1.165) is 78.6 Å². The number of aromatic nitrogens is 4. The Balaban J connectivity index is 1.10. The fourth-order valence-electron chi connectivity index (χ4n) is 8.46. The number of fused-ring (bicyclic) bond motifs is 3. The van der Waals surface area contributed by atoms with Gasteiger partial charge in [-0.05, 0) is 102 Å². The molecule has 0 unspecified atom stereocenters. The number of para-hydroxylation sites is 1. The van der Waals surface area contributed by atoms with Crippen molar-refractivity contribution in [2.45, 2.75) is 20.8 Å². The van der Waals surface area contributed by atoms with E-state index in [2.05, 4.69) is 188 Å². The summed E-state index contributed by atoms with van der Waals surface area (Å²) < 4.78 is 10.9. The quantitative estimate of drug-likeness (QED) is 0.155. The molecule has 0 aliphatic carbocycles. The van der Waals surface area contributed by atoms with Crippen molar-refractivity contribution in [3.63, 3.8) is 0 Å². The zero-order valence-corrected chi connectivity index (χ0v) is 32.6. The first-order chi connectivity index (χ1) is 28.5. The van der Waals surface area contributed by atoms with Gasteiger partial charge in [-0.25, -0.2) is 9.67 Å². The Hall–Kier alpha value is -7.50. The maximum atomic E-state index is 6.66. The van der Waals surface area contributed by atoms with E-state index >= 15 is 0 Å². The summed E-state index contributed by atoms with van der Waals surface area (Å²) in [6.07, 6.45) is 1.87. The second-order valence-corrected chi connectivity index (χ2v) is 14.8. The topological polar surface area (TPSA) is 44.9 Å². The maximum Gasteiger partial charge on any atom is 0.137 e. The van der Waals surface area contributed by atoms with Gasteiger partial charge in [0.25, 0.3) is 0 Å². The summed E-state index contributed by atoms with van der Waals surface area (Å²) >= 11 is 0. The van der Waals surface area contributed by atoms with E-state index in [9.17, 15) is 0 Å². The molecule has 3 heterocycles. The summed E-state index contributed by atoms with van der Waals surface area (Å²) in [5, 5.41) is 7.57. The molecule has 5 nitrogen and oxygen atoms in total. The van der Waals surface area contributed by atoms with Crippen LogP contribution >= 0.6 is 0 Å². The van der Waals surface area contributed by atoms with Gasteiger partial charge in [0.15, 0.2) is 0 Å². The number of benzene rings is 7. The number of hydrogen-bond donors (Lipinski definition) is 0. The van der Waals surface area contributed by atoms with Crippen molar-refractivity contribution >= 4 is 21.8 Å². The third-order valence-corrected chi connectivity index (χ3v) is 11.1. The number of pyridine rings is 1. The molecule has 0 fully saturated rings. The van der Waals surface area contributed by atoms with E-state index in [1.807, 2.05) is 30.5 Å². The van der Waals surface area contributed by atoms with Gasteiger partial charge in [0.1, 0.15) is 17.3 Å². The van der Waals surface area contributed by atoms with Crippen molar-refractivity contribution in [2.24, 2.45) is 0 Å². The van der Waals surface area contributed by atoms with E-state index in [-0.39, 0.29) is 0 Å². The molecular weight excluding hydrogens is 709 g/mol.